The molecule has 0 aromatic heterocycles. The van der Waals surface area contributed by atoms with Gasteiger partial charge in [0, 0.05) is 25.2 Å². The molecule has 7 heteroatoms. The lowest BCUT2D eigenvalue weighted by atomic mass is 9.87. The van der Waals surface area contributed by atoms with Crippen LogP contribution in [-0.2, 0) is 9.53 Å². The molecule has 1 saturated heterocycles. The molecule has 1 aliphatic heterocycles. The van der Waals surface area contributed by atoms with Crippen molar-refractivity contribution in [3.8, 4) is 0 Å². The van der Waals surface area contributed by atoms with Crippen LogP contribution in [0.5, 0.6) is 0 Å². The number of nitrogens with one attached hydrogen (secondary N) is 1. The minimum atomic E-state index is -0.558. The van der Waals surface area contributed by atoms with Crippen molar-refractivity contribution in [3.05, 3.63) is 34.9 Å². The van der Waals surface area contributed by atoms with Gasteiger partial charge < -0.3 is 15.0 Å². The molecule has 1 atom stereocenters. The smallest absolute Gasteiger partial charge is 0.406 e. The van der Waals surface area contributed by atoms with Crippen LogP contribution in [-0.4, -0.2) is 43.6 Å². The number of rotatable bonds is 5. The van der Waals surface area contributed by atoms with Crippen LogP contribution in [0.1, 0.15) is 43.2 Å². The first-order valence-corrected chi connectivity index (χ1v) is 8.94. The molecule has 0 saturated carbocycles. The number of piperidine rings is 1. The zero-order valence-corrected chi connectivity index (χ0v) is 15.5. The summed E-state index contributed by atoms with van der Waals surface area (Å²) < 4.78 is 32.3. The second kappa shape index (κ2) is 8.96. The molecule has 1 aromatic carbocycles. The van der Waals surface area contributed by atoms with Gasteiger partial charge in [0.05, 0.1) is 13.0 Å². The molecule has 0 bridgehead atoms. The third-order valence-corrected chi connectivity index (χ3v) is 5.12. The number of carbonyl (C=O) groups is 2. The number of nitrogens with zero attached hydrogens (tertiary/aromatic N) is 1. The molecule has 1 aromatic rings. The Bertz CT molecular complexity index is 658. The Balaban J connectivity index is 1.95. The second-order valence-corrected chi connectivity index (χ2v) is 6.65. The molecule has 1 N–H and O–H groups in total. The van der Waals surface area contributed by atoms with Crippen molar-refractivity contribution < 1.29 is 23.1 Å². The predicted molar refractivity (Wildman–Crippen MR) is 93.8 cm³/mol. The van der Waals surface area contributed by atoms with Gasteiger partial charge in [0.25, 0.3) is 0 Å². The molecule has 0 radical (unpaired) electrons. The fourth-order valence-corrected chi connectivity index (χ4v) is 3.35. The summed E-state index contributed by atoms with van der Waals surface area (Å²) >= 11 is 0. The highest BCUT2D eigenvalue weighted by Gasteiger charge is 2.29. The van der Waals surface area contributed by atoms with Crippen molar-refractivity contribution in [2.24, 2.45) is 5.92 Å². The summed E-state index contributed by atoms with van der Waals surface area (Å²) in [4.78, 5) is 25.6. The molecule has 144 valence electrons. The van der Waals surface area contributed by atoms with Crippen LogP contribution in [0.25, 0.3) is 0 Å². The van der Waals surface area contributed by atoms with E-state index in [1.807, 2.05) is 6.92 Å². The van der Waals surface area contributed by atoms with E-state index in [2.05, 4.69) is 10.1 Å². The summed E-state index contributed by atoms with van der Waals surface area (Å²) in [5.41, 5.74) is 0.566. The number of alkyl carbamates (subject to hydrolysis) is 1. The van der Waals surface area contributed by atoms with Gasteiger partial charge in [-0.1, -0.05) is 13.0 Å². The number of ether oxygens (including phenoxy) is 1. The van der Waals surface area contributed by atoms with Gasteiger partial charge in [-0.3, -0.25) is 4.79 Å². The van der Waals surface area contributed by atoms with E-state index in [1.54, 1.807) is 4.90 Å². The molecule has 0 aliphatic carbocycles. The SMILES string of the molecule is CCC(CNC(=O)OC)C(=O)N1CCC(c2ccc(F)c(C)c2F)CC1. The third kappa shape index (κ3) is 4.51. The summed E-state index contributed by atoms with van der Waals surface area (Å²) in [6.07, 6.45) is 1.31. The quantitative estimate of drug-likeness (QED) is 0.867. The highest BCUT2D eigenvalue weighted by molar-refractivity contribution is 5.80. The zero-order chi connectivity index (χ0) is 19.3. The average molecular weight is 368 g/mol. The molecule has 0 spiro atoms. The molecule has 5 nitrogen and oxygen atoms in total. The van der Waals surface area contributed by atoms with Gasteiger partial charge in [-0.25, -0.2) is 13.6 Å². The predicted octanol–water partition coefficient (Wildman–Crippen LogP) is 3.36. The molecule has 1 unspecified atom stereocenters. The maximum atomic E-state index is 14.3. The van der Waals surface area contributed by atoms with Gasteiger partial charge in [0.2, 0.25) is 5.91 Å². The third-order valence-electron chi connectivity index (χ3n) is 5.12. The highest BCUT2D eigenvalue weighted by atomic mass is 19.1. The molecule has 1 heterocycles. The normalized spacial score (nSPS) is 16.3. The highest BCUT2D eigenvalue weighted by Crippen LogP contribution is 2.32. The lowest BCUT2D eigenvalue weighted by molar-refractivity contribution is -0.136. The molecule has 2 amide bonds. The largest absolute Gasteiger partial charge is 0.453 e. The van der Waals surface area contributed by atoms with Gasteiger partial charge in [-0.2, -0.15) is 0 Å². The van der Waals surface area contributed by atoms with Gasteiger partial charge in [-0.05, 0) is 43.7 Å². The van der Waals surface area contributed by atoms with Crippen LogP contribution in [0.3, 0.4) is 0 Å². The topological polar surface area (TPSA) is 58.6 Å². The number of methoxy groups -OCH3 is 1. The van der Waals surface area contributed by atoms with Gasteiger partial charge in [0.15, 0.2) is 0 Å². The van der Waals surface area contributed by atoms with E-state index in [0.717, 1.165) is 0 Å². The van der Waals surface area contributed by atoms with E-state index < -0.39 is 17.7 Å². The summed E-state index contributed by atoms with van der Waals surface area (Å²) in [6, 6.07) is 2.81. The summed E-state index contributed by atoms with van der Waals surface area (Å²) in [6.45, 7) is 4.60. The van der Waals surface area contributed by atoms with Crippen LogP contribution in [0.15, 0.2) is 12.1 Å². The van der Waals surface area contributed by atoms with Crippen molar-refractivity contribution in [1.82, 2.24) is 10.2 Å². The number of hydrogen-bond donors (Lipinski definition) is 1. The van der Waals surface area contributed by atoms with Crippen molar-refractivity contribution in [1.29, 1.82) is 0 Å². The average Bonchev–Trinajstić information content (AvgIpc) is 2.66. The van der Waals surface area contributed by atoms with Crippen LogP contribution in [0.4, 0.5) is 13.6 Å². The Morgan fingerprint density at radius 1 is 1.31 bits per heavy atom. The van der Waals surface area contributed by atoms with Gasteiger partial charge >= 0.3 is 6.09 Å². The van der Waals surface area contributed by atoms with E-state index >= 15 is 0 Å². The van der Waals surface area contributed by atoms with Crippen LogP contribution >= 0.6 is 0 Å². The Kier molecular flexibility index (Phi) is 6.94. The minimum absolute atomic E-state index is 0.0156. The lowest BCUT2D eigenvalue weighted by Crippen LogP contribution is -2.44. The van der Waals surface area contributed by atoms with Crippen molar-refractivity contribution in [2.75, 3.05) is 26.7 Å². The van der Waals surface area contributed by atoms with E-state index in [9.17, 15) is 18.4 Å². The lowest BCUT2D eigenvalue weighted by Gasteiger charge is -2.34. The van der Waals surface area contributed by atoms with Crippen molar-refractivity contribution in [2.45, 2.75) is 39.0 Å². The van der Waals surface area contributed by atoms with E-state index in [1.165, 1.54) is 26.2 Å². The number of carbonyl (C=O) groups excluding carboxylic acids is 2. The van der Waals surface area contributed by atoms with E-state index in [0.29, 0.717) is 37.9 Å². The fourth-order valence-electron chi connectivity index (χ4n) is 3.35. The Hall–Kier alpha value is -2.18. The van der Waals surface area contributed by atoms with Crippen molar-refractivity contribution >= 4 is 12.0 Å². The summed E-state index contributed by atoms with van der Waals surface area (Å²) in [7, 11) is 1.28. The van der Waals surface area contributed by atoms with Crippen molar-refractivity contribution in [3.63, 3.8) is 0 Å². The van der Waals surface area contributed by atoms with E-state index in [-0.39, 0.29) is 29.9 Å². The summed E-state index contributed by atoms with van der Waals surface area (Å²) in [5.74, 6) is -1.37. The minimum Gasteiger partial charge on any atom is -0.453 e. The second-order valence-electron chi connectivity index (χ2n) is 6.65. The molecule has 1 fully saturated rings. The molecular weight excluding hydrogens is 342 g/mol. The Morgan fingerprint density at radius 3 is 2.54 bits per heavy atom. The fraction of sp³-hybridized carbons (Fsp3) is 0.579. The Labute approximate surface area is 152 Å². The van der Waals surface area contributed by atoms with Crippen LogP contribution in [0, 0.1) is 24.5 Å². The number of amides is 2. The number of halogens is 2. The number of hydrogen-bond acceptors (Lipinski definition) is 3. The summed E-state index contributed by atoms with van der Waals surface area (Å²) in [5, 5.41) is 2.56. The number of likely N-dealkylation sites (tertiary alicyclic amines) is 1. The van der Waals surface area contributed by atoms with Gasteiger partial charge in [0.1, 0.15) is 11.6 Å². The standard InChI is InChI=1S/C19H26F2N2O3/c1-4-13(11-22-19(25)26-3)18(24)23-9-7-14(8-10-23)15-5-6-16(20)12(2)17(15)21/h5-6,13-14H,4,7-11H2,1-3H3,(H,22,25). The van der Waals surface area contributed by atoms with E-state index in [4.69, 9.17) is 0 Å². The van der Waals surface area contributed by atoms with Crippen LogP contribution in [0.2, 0.25) is 0 Å². The maximum absolute atomic E-state index is 14.3. The van der Waals surface area contributed by atoms with Crippen LogP contribution < -0.4 is 5.32 Å². The molecule has 2 rings (SSSR count). The first-order valence-electron chi connectivity index (χ1n) is 8.94. The first-order chi connectivity index (χ1) is 12.4. The monoisotopic (exact) mass is 368 g/mol. The molecule has 26 heavy (non-hydrogen) atoms. The van der Waals surface area contributed by atoms with Gasteiger partial charge in [-0.15, -0.1) is 0 Å². The molecular formula is C19H26F2N2O3. The molecule has 1 aliphatic rings. The zero-order valence-electron chi connectivity index (χ0n) is 15.5. The maximum Gasteiger partial charge on any atom is 0.406 e. The number of benzene rings is 1. The Morgan fingerprint density at radius 2 is 1.96 bits per heavy atom. The first kappa shape index (κ1) is 20.1.